The Hall–Kier alpha value is -2.22. The highest BCUT2D eigenvalue weighted by Crippen LogP contribution is 2.17. The van der Waals surface area contributed by atoms with Gasteiger partial charge in [0.25, 0.3) is 5.91 Å². The van der Waals surface area contributed by atoms with Crippen molar-refractivity contribution in [1.29, 1.82) is 0 Å². The lowest BCUT2D eigenvalue weighted by atomic mass is 10.3. The van der Waals surface area contributed by atoms with Crippen molar-refractivity contribution >= 4 is 11.8 Å². The number of hydrogen-bond donors (Lipinski definition) is 1. The Morgan fingerprint density at radius 3 is 2.65 bits per heavy atom. The number of carbonyl (C=O) groups is 2. The van der Waals surface area contributed by atoms with Crippen LogP contribution in [0.15, 0.2) is 18.2 Å². The second-order valence-electron chi connectivity index (χ2n) is 5.34. The summed E-state index contributed by atoms with van der Waals surface area (Å²) in [6.45, 7) is 2.04. The predicted octanol–water partition coefficient (Wildman–Crippen LogP) is 0.363. The lowest BCUT2D eigenvalue weighted by molar-refractivity contribution is -0.133. The van der Waals surface area contributed by atoms with Crippen LogP contribution in [0.4, 0.5) is 8.78 Å². The molecule has 1 aromatic carbocycles. The number of hydrogen-bond acceptors (Lipinski definition) is 4. The molecule has 8 heteroatoms. The van der Waals surface area contributed by atoms with E-state index < -0.39 is 17.5 Å². The molecule has 0 spiro atoms. The Morgan fingerprint density at radius 2 is 1.96 bits per heavy atom. The summed E-state index contributed by atoms with van der Waals surface area (Å²) >= 11 is 0. The zero-order chi connectivity index (χ0) is 16.8. The largest absolute Gasteiger partial charge is 0.481 e. The molecule has 126 valence electrons. The minimum absolute atomic E-state index is 0.162. The van der Waals surface area contributed by atoms with E-state index in [1.807, 2.05) is 4.90 Å². The van der Waals surface area contributed by atoms with Gasteiger partial charge < -0.3 is 15.4 Å². The van der Waals surface area contributed by atoms with E-state index in [9.17, 15) is 18.4 Å². The fourth-order valence-corrected chi connectivity index (χ4v) is 2.42. The highest BCUT2D eigenvalue weighted by molar-refractivity contribution is 5.78. The first kappa shape index (κ1) is 17.1. The summed E-state index contributed by atoms with van der Waals surface area (Å²) in [5.74, 6) is -2.40. The van der Waals surface area contributed by atoms with Gasteiger partial charge >= 0.3 is 0 Å². The minimum Gasteiger partial charge on any atom is -0.481 e. The Bertz CT molecular complexity index is 583. The number of rotatable bonds is 5. The number of benzene rings is 1. The summed E-state index contributed by atoms with van der Waals surface area (Å²) < 4.78 is 31.4. The summed E-state index contributed by atoms with van der Waals surface area (Å²) in [7, 11) is 0. The van der Waals surface area contributed by atoms with Gasteiger partial charge in [-0.1, -0.05) is 0 Å². The van der Waals surface area contributed by atoms with E-state index in [1.165, 1.54) is 0 Å². The molecule has 0 saturated carbocycles. The highest BCUT2D eigenvalue weighted by Gasteiger charge is 2.20. The predicted molar refractivity (Wildman–Crippen MR) is 78.7 cm³/mol. The van der Waals surface area contributed by atoms with Crippen LogP contribution >= 0.6 is 0 Å². The van der Waals surface area contributed by atoms with Gasteiger partial charge in [-0.3, -0.25) is 14.5 Å². The van der Waals surface area contributed by atoms with Crippen LogP contribution in [0.1, 0.15) is 6.42 Å². The topological polar surface area (TPSA) is 75.9 Å². The van der Waals surface area contributed by atoms with Gasteiger partial charge in [-0.2, -0.15) is 0 Å². The van der Waals surface area contributed by atoms with Crippen LogP contribution in [0.3, 0.4) is 0 Å². The molecule has 6 nitrogen and oxygen atoms in total. The van der Waals surface area contributed by atoms with Crippen LogP contribution in [0.5, 0.6) is 5.75 Å². The summed E-state index contributed by atoms with van der Waals surface area (Å²) in [5, 5.41) is 0. The van der Waals surface area contributed by atoms with Crippen molar-refractivity contribution in [2.45, 2.75) is 6.42 Å². The fraction of sp³-hybridized carbons (Fsp3) is 0.467. The van der Waals surface area contributed by atoms with Gasteiger partial charge in [0, 0.05) is 32.2 Å². The molecule has 1 fully saturated rings. The number of primary amides is 1. The number of carbonyl (C=O) groups excluding carboxylic acids is 2. The zero-order valence-corrected chi connectivity index (χ0v) is 12.6. The number of halogens is 2. The standard InChI is InChI=1S/C15H19F2N3O3/c16-11-2-3-13(12(17)8-11)23-10-15(22)20-5-1-4-19(6-7-20)9-14(18)21/h2-3,8H,1,4-7,9-10H2,(H2,18,21). The van der Waals surface area contributed by atoms with Crippen molar-refractivity contribution in [3.8, 4) is 5.75 Å². The van der Waals surface area contributed by atoms with Crippen LogP contribution in [0, 0.1) is 11.6 Å². The van der Waals surface area contributed by atoms with Crippen LogP contribution < -0.4 is 10.5 Å². The smallest absolute Gasteiger partial charge is 0.260 e. The lowest BCUT2D eigenvalue weighted by Gasteiger charge is -2.21. The third kappa shape index (κ3) is 5.17. The molecule has 2 rings (SSSR count). The zero-order valence-electron chi connectivity index (χ0n) is 12.6. The molecular formula is C15H19F2N3O3. The molecule has 0 aliphatic carbocycles. The Balaban J connectivity index is 1.84. The molecule has 23 heavy (non-hydrogen) atoms. The van der Waals surface area contributed by atoms with E-state index in [-0.39, 0.29) is 24.8 Å². The molecule has 2 N–H and O–H groups in total. The monoisotopic (exact) mass is 327 g/mol. The molecular weight excluding hydrogens is 308 g/mol. The van der Waals surface area contributed by atoms with Gasteiger partial charge in [0.2, 0.25) is 5.91 Å². The van der Waals surface area contributed by atoms with Crippen molar-refractivity contribution < 1.29 is 23.1 Å². The van der Waals surface area contributed by atoms with Crippen molar-refractivity contribution in [3.63, 3.8) is 0 Å². The molecule has 1 heterocycles. The highest BCUT2D eigenvalue weighted by atomic mass is 19.1. The van der Waals surface area contributed by atoms with E-state index in [0.717, 1.165) is 12.1 Å². The van der Waals surface area contributed by atoms with E-state index in [1.54, 1.807) is 4.90 Å². The first-order valence-corrected chi connectivity index (χ1v) is 7.32. The van der Waals surface area contributed by atoms with Crippen molar-refractivity contribution in [2.24, 2.45) is 5.73 Å². The number of nitrogens with two attached hydrogens (primary N) is 1. The average molecular weight is 327 g/mol. The Labute approximate surface area is 132 Å². The molecule has 0 aromatic heterocycles. The molecule has 1 aromatic rings. The summed E-state index contributed by atoms with van der Waals surface area (Å²) in [6.07, 6.45) is 0.712. The quantitative estimate of drug-likeness (QED) is 0.847. The summed E-state index contributed by atoms with van der Waals surface area (Å²) in [5.41, 5.74) is 5.16. The molecule has 0 atom stereocenters. The van der Waals surface area contributed by atoms with Gasteiger partial charge in [0.05, 0.1) is 6.54 Å². The number of ether oxygens (including phenoxy) is 1. The van der Waals surface area contributed by atoms with Crippen molar-refractivity contribution in [3.05, 3.63) is 29.8 Å². The summed E-state index contributed by atoms with van der Waals surface area (Å²) in [6, 6.07) is 2.92. The third-order valence-corrected chi connectivity index (χ3v) is 3.57. The molecule has 1 aliphatic heterocycles. The maximum absolute atomic E-state index is 13.4. The van der Waals surface area contributed by atoms with Gasteiger partial charge in [-0.05, 0) is 18.6 Å². The maximum Gasteiger partial charge on any atom is 0.260 e. The van der Waals surface area contributed by atoms with Crippen LogP contribution in [-0.2, 0) is 9.59 Å². The SMILES string of the molecule is NC(=O)CN1CCCN(C(=O)COc2ccc(F)cc2F)CC1. The van der Waals surface area contributed by atoms with Crippen LogP contribution in [0.2, 0.25) is 0 Å². The van der Waals surface area contributed by atoms with E-state index in [4.69, 9.17) is 10.5 Å². The van der Waals surface area contributed by atoms with Gasteiger partial charge in [0.15, 0.2) is 18.2 Å². The Morgan fingerprint density at radius 1 is 1.17 bits per heavy atom. The van der Waals surface area contributed by atoms with Gasteiger partial charge in [-0.25, -0.2) is 8.78 Å². The minimum atomic E-state index is -0.846. The van der Waals surface area contributed by atoms with Gasteiger partial charge in [0.1, 0.15) is 5.82 Å². The first-order chi connectivity index (χ1) is 11.0. The summed E-state index contributed by atoms with van der Waals surface area (Å²) in [4.78, 5) is 26.5. The maximum atomic E-state index is 13.4. The van der Waals surface area contributed by atoms with E-state index in [0.29, 0.717) is 38.7 Å². The average Bonchev–Trinajstić information content (AvgIpc) is 2.71. The molecule has 1 aliphatic rings. The third-order valence-electron chi connectivity index (χ3n) is 3.57. The van der Waals surface area contributed by atoms with Crippen molar-refractivity contribution in [1.82, 2.24) is 9.80 Å². The molecule has 0 unspecified atom stereocenters. The van der Waals surface area contributed by atoms with Crippen molar-refractivity contribution in [2.75, 3.05) is 39.3 Å². The van der Waals surface area contributed by atoms with Crippen LogP contribution in [0.25, 0.3) is 0 Å². The number of amides is 2. The van der Waals surface area contributed by atoms with E-state index in [2.05, 4.69) is 0 Å². The molecule has 0 bridgehead atoms. The second-order valence-corrected chi connectivity index (χ2v) is 5.34. The fourth-order valence-electron chi connectivity index (χ4n) is 2.42. The lowest BCUT2D eigenvalue weighted by Crippen LogP contribution is -2.39. The molecule has 2 amide bonds. The number of nitrogens with zero attached hydrogens (tertiary/aromatic N) is 2. The van der Waals surface area contributed by atoms with E-state index >= 15 is 0 Å². The van der Waals surface area contributed by atoms with Crippen LogP contribution in [-0.4, -0.2) is 60.9 Å². The second kappa shape index (κ2) is 7.87. The molecule has 1 saturated heterocycles. The van der Waals surface area contributed by atoms with Gasteiger partial charge in [-0.15, -0.1) is 0 Å². The Kier molecular flexibility index (Phi) is 5.86. The first-order valence-electron chi connectivity index (χ1n) is 7.32. The normalized spacial score (nSPS) is 16.0. The molecule has 0 radical (unpaired) electrons.